The summed E-state index contributed by atoms with van der Waals surface area (Å²) in [5.74, 6) is 2.06. The van der Waals surface area contributed by atoms with Crippen LogP contribution in [-0.2, 0) is 0 Å². The Kier molecular flexibility index (Phi) is 4.20. The van der Waals surface area contributed by atoms with Crippen molar-refractivity contribution in [1.29, 1.82) is 0 Å². The Morgan fingerprint density at radius 2 is 2.11 bits per heavy atom. The van der Waals surface area contributed by atoms with E-state index in [0.29, 0.717) is 28.4 Å². The van der Waals surface area contributed by atoms with Crippen molar-refractivity contribution in [1.82, 2.24) is 0 Å². The molecule has 2 rings (SSSR count). The van der Waals surface area contributed by atoms with Gasteiger partial charge in [-0.1, -0.05) is 27.2 Å². The van der Waals surface area contributed by atoms with Crippen LogP contribution in [0.3, 0.4) is 0 Å². The van der Waals surface area contributed by atoms with Crippen molar-refractivity contribution < 1.29 is 14.0 Å². The van der Waals surface area contributed by atoms with E-state index in [1.807, 2.05) is 6.07 Å². The summed E-state index contributed by atoms with van der Waals surface area (Å²) in [6.07, 6.45) is 4.98. The van der Waals surface area contributed by atoms with Gasteiger partial charge in [0.05, 0.1) is 15.3 Å². The van der Waals surface area contributed by atoms with Gasteiger partial charge in [-0.05, 0) is 30.7 Å². The van der Waals surface area contributed by atoms with Crippen molar-refractivity contribution in [2.75, 3.05) is 0 Å². The summed E-state index contributed by atoms with van der Waals surface area (Å²) in [7, 11) is 0. The smallest absolute Gasteiger partial charge is 0.413 e. The van der Waals surface area contributed by atoms with Crippen LogP contribution in [0.5, 0.6) is 5.88 Å². The first-order valence-electron chi connectivity index (χ1n) is 6.93. The van der Waals surface area contributed by atoms with E-state index < -0.39 is 0 Å². The summed E-state index contributed by atoms with van der Waals surface area (Å²) in [6, 6.07) is 5.16. The van der Waals surface area contributed by atoms with Gasteiger partial charge in [0, 0.05) is 12.0 Å². The summed E-state index contributed by atoms with van der Waals surface area (Å²) >= 11 is 0. The number of nitrogens with zero attached hydrogens (tertiary/aromatic N) is 1. The van der Waals surface area contributed by atoms with Gasteiger partial charge < -0.3 is 4.74 Å². The zero-order chi connectivity index (χ0) is 13.1. The average Bonchev–Trinajstić information content (AvgIpc) is 2.31. The van der Waals surface area contributed by atoms with Crippen LogP contribution in [0, 0.1) is 17.8 Å². The van der Waals surface area contributed by atoms with Gasteiger partial charge in [0.1, 0.15) is 6.10 Å². The molecule has 18 heavy (non-hydrogen) atoms. The molecule has 3 heteroatoms. The highest BCUT2D eigenvalue weighted by atomic mass is 19.2. The van der Waals surface area contributed by atoms with Gasteiger partial charge in [-0.2, -0.15) is 0 Å². The molecule has 0 saturated heterocycles. The Morgan fingerprint density at radius 3 is 2.78 bits per heavy atom. The number of pyridine rings is 1. The summed E-state index contributed by atoms with van der Waals surface area (Å²) in [5.41, 5.74) is 0. The minimum atomic E-state index is 0.137. The highest BCUT2D eigenvalue weighted by Gasteiger charge is 2.35. The fraction of sp³-hybridized carbons (Fsp3) is 0.667. The molecule has 1 fully saturated rings. The van der Waals surface area contributed by atoms with E-state index in [1.165, 1.54) is 19.0 Å². The van der Waals surface area contributed by atoms with Crippen LogP contribution in [0.15, 0.2) is 24.4 Å². The third kappa shape index (κ3) is 2.82. The number of ether oxygens (including phenoxy) is 1. The van der Waals surface area contributed by atoms with E-state index in [9.17, 15) is 4.48 Å². The van der Waals surface area contributed by atoms with Crippen molar-refractivity contribution >= 4 is 0 Å². The predicted molar refractivity (Wildman–Crippen MR) is 68.9 cm³/mol. The number of halogens is 1. The fourth-order valence-corrected chi connectivity index (χ4v) is 3.27. The molecule has 1 saturated carbocycles. The molecule has 1 aliphatic carbocycles. The van der Waals surface area contributed by atoms with Crippen molar-refractivity contribution in [3.8, 4) is 5.88 Å². The van der Waals surface area contributed by atoms with E-state index in [-0.39, 0.29) is 6.10 Å². The SMILES string of the molecule is CC(C)C1C(C)CCCC1Oc1cccc[n+]1F. The molecule has 0 spiro atoms. The van der Waals surface area contributed by atoms with Crippen LogP contribution in [0.4, 0.5) is 4.48 Å². The fourth-order valence-electron chi connectivity index (χ4n) is 3.27. The van der Waals surface area contributed by atoms with Gasteiger partial charge in [-0.25, -0.2) is 0 Å². The van der Waals surface area contributed by atoms with Crippen molar-refractivity contribution in [2.45, 2.75) is 46.1 Å². The van der Waals surface area contributed by atoms with Crippen LogP contribution in [0.25, 0.3) is 0 Å². The second kappa shape index (κ2) is 5.68. The Bertz CT molecular complexity index is 394. The first-order valence-corrected chi connectivity index (χ1v) is 6.93. The number of hydrogen-bond acceptors (Lipinski definition) is 1. The van der Waals surface area contributed by atoms with Gasteiger partial charge in [0.15, 0.2) is 0 Å². The molecule has 0 bridgehead atoms. The molecule has 0 amide bonds. The first-order chi connectivity index (χ1) is 8.59. The quantitative estimate of drug-likeness (QED) is 0.802. The molecule has 3 atom stereocenters. The van der Waals surface area contributed by atoms with Crippen LogP contribution >= 0.6 is 0 Å². The maximum atomic E-state index is 13.6. The molecular weight excluding hydrogens is 229 g/mol. The molecule has 0 aliphatic heterocycles. The van der Waals surface area contributed by atoms with Crippen LogP contribution in [-0.4, -0.2) is 6.10 Å². The highest BCUT2D eigenvalue weighted by molar-refractivity contribution is 5.03. The minimum Gasteiger partial charge on any atom is -0.438 e. The molecule has 0 aromatic carbocycles. The molecule has 0 radical (unpaired) electrons. The Balaban J connectivity index is 2.13. The van der Waals surface area contributed by atoms with E-state index in [0.717, 1.165) is 6.42 Å². The second-order valence-electron chi connectivity index (χ2n) is 5.74. The lowest BCUT2D eigenvalue weighted by molar-refractivity contribution is -0.846. The molecule has 2 nitrogen and oxygen atoms in total. The standard InChI is InChI=1S/C15H23FNO/c1-11(2)15-12(3)7-6-8-13(15)18-14-9-4-5-10-17(14)16/h4-5,9-13,15H,6-8H2,1-3H3/q+1. The van der Waals surface area contributed by atoms with Gasteiger partial charge >= 0.3 is 5.88 Å². The maximum Gasteiger partial charge on any atom is 0.413 e. The first kappa shape index (κ1) is 13.3. The molecule has 1 aromatic heterocycles. The van der Waals surface area contributed by atoms with Crippen molar-refractivity contribution in [3.63, 3.8) is 0 Å². The van der Waals surface area contributed by atoms with Gasteiger partial charge in [-0.15, -0.1) is 0 Å². The van der Waals surface area contributed by atoms with Gasteiger partial charge in [0.25, 0.3) is 0 Å². The lowest BCUT2D eigenvalue weighted by Gasteiger charge is -2.38. The van der Waals surface area contributed by atoms with Crippen LogP contribution in [0.1, 0.15) is 40.0 Å². The van der Waals surface area contributed by atoms with Crippen molar-refractivity contribution in [3.05, 3.63) is 24.4 Å². The Morgan fingerprint density at radius 1 is 1.33 bits per heavy atom. The Labute approximate surface area is 109 Å². The number of hydrogen-bond donors (Lipinski definition) is 0. The average molecular weight is 252 g/mol. The normalized spacial score (nSPS) is 28.4. The largest absolute Gasteiger partial charge is 0.438 e. The minimum absolute atomic E-state index is 0.137. The molecular formula is C15H23FNO+. The van der Waals surface area contributed by atoms with Crippen LogP contribution in [0.2, 0.25) is 0 Å². The zero-order valence-electron chi connectivity index (χ0n) is 11.5. The number of aromatic nitrogens is 1. The monoisotopic (exact) mass is 252 g/mol. The summed E-state index contributed by atoms with van der Waals surface area (Å²) in [4.78, 5) is 0.566. The van der Waals surface area contributed by atoms with E-state index in [2.05, 4.69) is 20.8 Å². The zero-order valence-corrected chi connectivity index (χ0v) is 11.5. The predicted octanol–water partition coefficient (Wildman–Crippen LogP) is 3.55. The van der Waals surface area contributed by atoms with Crippen LogP contribution < -0.4 is 9.53 Å². The molecule has 3 unspecified atom stereocenters. The molecule has 1 aromatic rings. The summed E-state index contributed by atoms with van der Waals surface area (Å²) in [5, 5.41) is 0. The van der Waals surface area contributed by atoms with Crippen molar-refractivity contribution in [2.24, 2.45) is 17.8 Å². The lowest BCUT2D eigenvalue weighted by atomic mass is 9.72. The third-order valence-corrected chi connectivity index (χ3v) is 4.05. The summed E-state index contributed by atoms with van der Waals surface area (Å²) < 4.78 is 19.5. The van der Waals surface area contributed by atoms with E-state index >= 15 is 0 Å². The highest BCUT2D eigenvalue weighted by Crippen LogP contribution is 2.36. The molecule has 1 aliphatic rings. The molecule has 0 N–H and O–H groups in total. The summed E-state index contributed by atoms with van der Waals surface area (Å²) in [6.45, 7) is 6.75. The molecule has 1 heterocycles. The second-order valence-corrected chi connectivity index (χ2v) is 5.74. The Hall–Kier alpha value is -1.12. The maximum absolute atomic E-state index is 13.6. The number of rotatable bonds is 3. The van der Waals surface area contributed by atoms with E-state index in [1.54, 1.807) is 12.1 Å². The van der Waals surface area contributed by atoms with E-state index in [4.69, 9.17) is 4.74 Å². The van der Waals surface area contributed by atoms with Gasteiger partial charge in [0.2, 0.25) is 6.20 Å². The third-order valence-electron chi connectivity index (χ3n) is 4.05. The topological polar surface area (TPSA) is 13.1 Å². The molecule has 100 valence electrons. The van der Waals surface area contributed by atoms with Gasteiger partial charge in [-0.3, -0.25) is 0 Å². The lowest BCUT2D eigenvalue weighted by Crippen LogP contribution is -2.41.